The van der Waals surface area contributed by atoms with Crippen LogP contribution in [-0.2, 0) is 0 Å². The highest BCUT2D eigenvalue weighted by Gasteiger charge is 2.25. The number of benzene rings is 1. The Morgan fingerprint density at radius 3 is 2.62 bits per heavy atom. The van der Waals surface area contributed by atoms with Gasteiger partial charge in [-0.25, -0.2) is 4.68 Å². The third-order valence-electron chi connectivity index (χ3n) is 4.44. The van der Waals surface area contributed by atoms with Gasteiger partial charge in [0.25, 0.3) is 5.91 Å². The minimum atomic E-state index is -0.0146. The number of likely N-dealkylation sites (tertiary alicyclic amines) is 1. The Bertz CT molecular complexity index is 637. The van der Waals surface area contributed by atoms with Crippen molar-refractivity contribution in [2.75, 3.05) is 26.7 Å². The minimum absolute atomic E-state index is 0. The summed E-state index contributed by atoms with van der Waals surface area (Å²) < 4.78 is 1.65. The predicted octanol–water partition coefficient (Wildman–Crippen LogP) is 2.15. The van der Waals surface area contributed by atoms with E-state index in [0.29, 0.717) is 11.6 Å². The van der Waals surface area contributed by atoms with Gasteiger partial charge in [-0.3, -0.25) is 4.79 Å². The average molecular weight is 350 g/mol. The number of aromatic nitrogens is 3. The minimum Gasteiger partial charge on any atom is -0.337 e. The van der Waals surface area contributed by atoms with Crippen molar-refractivity contribution in [2.24, 2.45) is 5.92 Å². The van der Waals surface area contributed by atoms with E-state index in [9.17, 15) is 4.79 Å². The molecule has 1 aromatic carbocycles. The van der Waals surface area contributed by atoms with E-state index in [0.717, 1.165) is 38.2 Å². The van der Waals surface area contributed by atoms with Gasteiger partial charge in [0.2, 0.25) is 0 Å². The van der Waals surface area contributed by atoms with Crippen molar-refractivity contribution in [3.8, 4) is 5.69 Å². The molecular weight excluding hydrogens is 326 g/mol. The van der Waals surface area contributed by atoms with Crippen LogP contribution in [0.1, 0.15) is 29.8 Å². The molecule has 0 bridgehead atoms. The van der Waals surface area contributed by atoms with Gasteiger partial charge >= 0.3 is 0 Å². The summed E-state index contributed by atoms with van der Waals surface area (Å²) in [6.07, 6.45) is 5.04. The molecular formula is C17H24ClN5O. The average Bonchev–Trinajstić information content (AvgIpc) is 3.11. The van der Waals surface area contributed by atoms with E-state index in [1.54, 1.807) is 10.9 Å². The first-order valence-corrected chi connectivity index (χ1v) is 8.19. The van der Waals surface area contributed by atoms with Crippen LogP contribution in [0.5, 0.6) is 0 Å². The molecule has 7 heteroatoms. The highest BCUT2D eigenvalue weighted by atomic mass is 35.5. The molecule has 3 rings (SSSR count). The molecule has 0 unspecified atom stereocenters. The molecule has 24 heavy (non-hydrogen) atoms. The molecule has 0 radical (unpaired) electrons. The quantitative estimate of drug-likeness (QED) is 0.898. The topological polar surface area (TPSA) is 63.1 Å². The van der Waals surface area contributed by atoms with Gasteiger partial charge in [-0.05, 0) is 50.9 Å². The van der Waals surface area contributed by atoms with E-state index in [1.165, 1.54) is 6.42 Å². The zero-order chi connectivity index (χ0) is 16.1. The molecule has 130 valence electrons. The van der Waals surface area contributed by atoms with Crippen molar-refractivity contribution in [2.45, 2.75) is 19.3 Å². The maximum absolute atomic E-state index is 12.6. The number of nitrogens with zero attached hydrogens (tertiary/aromatic N) is 4. The van der Waals surface area contributed by atoms with Crippen LogP contribution in [0.15, 0.2) is 36.5 Å². The normalized spacial score (nSPS) is 15.1. The lowest BCUT2D eigenvalue weighted by Crippen LogP contribution is -2.39. The molecule has 1 N–H and O–H groups in total. The summed E-state index contributed by atoms with van der Waals surface area (Å²) in [5, 5.41) is 11.3. The highest BCUT2D eigenvalue weighted by molar-refractivity contribution is 5.92. The lowest BCUT2D eigenvalue weighted by Gasteiger charge is -2.31. The fourth-order valence-corrected chi connectivity index (χ4v) is 3.00. The Morgan fingerprint density at radius 1 is 1.25 bits per heavy atom. The first-order valence-electron chi connectivity index (χ1n) is 8.19. The fourth-order valence-electron chi connectivity index (χ4n) is 3.00. The summed E-state index contributed by atoms with van der Waals surface area (Å²) in [6, 6.07) is 9.71. The van der Waals surface area contributed by atoms with Crippen LogP contribution in [0.2, 0.25) is 0 Å². The van der Waals surface area contributed by atoms with E-state index >= 15 is 0 Å². The Morgan fingerprint density at radius 2 is 1.96 bits per heavy atom. The van der Waals surface area contributed by atoms with E-state index < -0.39 is 0 Å². The maximum atomic E-state index is 12.6. The van der Waals surface area contributed by atoms with Gasteiger partial charge in [0, 0.05) is 13.1 Å². The summed E-state index contributed by atoms with van der Waals surface area (Å²) in [6.45, 7) is 2.67. The number of hydrogen-bond acceptors (Lipinski definition) is 4. The molecule has 2 heterocycles. The van der Waals surface area contributed by atoms with Gasteiger partial charge in [-0.2, -0.15) is 0 Å². The van der Waals surface area contributed by atoms with Crippen molar-refractivity contribution in [1.29, 1.82) is 0 Å². The SMILES string of the molecule is CNCCC1CCN(C(=O)c2cn(-c3ccccc3)nn2)CC1.Cl. The smallest absolute Gasteiger partial charge is 0.276 e. The number of hydrogen-bond donors (Lipinski definition) is 1. The maximum Gasteiger partial charge on any atom is 0.276 e. The van der Waals surface area contributed by atoms with E-state index in [1.807, 2.05) is 42.3 Å². The van der Waals surface area contributed by atoms with Gasteiger partial charge < -0.3 is 10.2 Å². The lowest BCUT2D eigenvalue weighted by atomic mass is 9.93. The Labute approximate surface area is 148 Å². The summed E-state index contributed by atoms with van der Waals surface area (Å²) in [4.78, 5) is 14.5. The zero-order valence-corrected chi connectivity index (χ0v) is 14.7. The number of nitrogens with one attached hydrogen (secondary N) is 1. The molecule has 1 aromatic heterocycles. The van der Waals surface area contributed by atoms with Crippen LogP contribution in [0.3, 0.4) is 0 Å². The number of carbonyl (C=O) groups excluding carboxylic acids is 1. The molecule has 0 atom stereocenters. The third kappa shape index (κ3) is 4.33. The van der Waals surface area contributed by atoms with Crippen LogP contribution in [0, 0.1) is 5.92 Å². The molecule has 6 nitrogen and oxygen atoms in total. The molecule has 1 aliphatic heterocycles. The molecule has 0 spiro atoms. The summed E-state index contributed by atoms with van der Waals surface area (Å²) in [7, 11) is 1.98. The largest absolute Gasteiger partial charge is 0.337 e. The zero-order valence-electron chi connectivity index (χ0n) is 13.9. The van der Waals surface area contributed by atoms with E-state index in [4.69, 9.17) is 0 Å². The molecule has 1 saturated heterocycles. The second-order valence-electron chi connectivity index (χ2n) is 6.01. The fraction of sp³-hybridized carbons (Fsp3) is 0.471. The third-order valence-corrected chi connectivity index (χ3v) is 4.44. The Kier molecular flexibility index (Phi) is 6.75. The monoisotopic (exact) mass is 349 g/mol. The van der Waals surface area contributed by atoms with Gasteiger partial charge in [0.05, 0.1) is 11.9 Å². The van der Waals surface area contributed by atoms with Gasteiger partial charge in [-0.1, -0.05) is 23.4 Å². The molecule has 1 amide bonds. The van der Waals surface area contributed by atoms with Crippen molar-refractivity contribution in [3.05, 3.63) is 42.2 Å². The van der Waals surface area contributed by atoms with Crippen molar-refractivity contribution in [3.63, 3.8) is 0 Å². The molecule has 1 aliphatic rings. The molecule has 0 aliphatic carbocycles. The number of para-hydroxylation sites is 1. The van der Waals surface area contributed by atoms with Crippen LogP contribution in [0.4, 0.5) is 0 Å². The van der Waals surface area contributed by atoms with Crippen LogP contribution in [0.25, 0.3) is 5.69 Å². The summed E-state index contributed by atoms with van der Waals surface area (Å²) in [5.74, 6) is 0.700. The number of carbonyl (C=O) groups is 1. The van der Waals surface area contributed by atoms with Crippen LogP contribution in [-0.4, -0.2) is 52.5 Å². The Balaban J connectivity index is 0.00000208. The number of piperidine rings is 1. The molecule has 0 saturated carbocycles. The van der Waals surface area contributed by atoms with E-state index in [-0.39, 0.29) is 18.3 Å². The second kappa shape index (κ2) is 8.80. The van der Waals surface area contributed by atoms with Crippen LogP contribution < -0.4 is 5.32 Å². The summed E-state index contributed by atoms with van der Waals surface area (Å²) >= 11 is 0. The van der Waals surface area contributed by atoms with Gasteiger partial charge in [0.1, 0.15) is 0 Å². The number of halogens is 1. The number of amides is 1. The number of rotatable bonds is 5. The van der Waals surface area contributed by atoms with Crippen molar-refractivity contribution < 1.29 is 4.79 Å². The highest BCUT2D eigenvalue weighted by Crippen LogP contribution is 2.21. The lowest BCUT2D eigenvalue weighted by molar-refractivity contribution is 0.0681. The standard InChI is InChI=1S/C17H23N5O.ClH/c1-18-10-7-14-8-11-21(12-9-14)17(23)16-13-22(20-19-16)15-5-3-2-4-6-15;/h2-6,13-14,18H,7-12H2,1H3;1H. The second-order valence-corrected chi connectivity index (χ2v) is 6.01. The van der Waals surface area contributed by atoms with Gasteiger partial charge in [-0.15, -0.1) is 17.5 Å². The predicted molar refractivity (Wildman–Crippen MR) is 95.8 cm³/mol. The first kappa shape index (κ1) is 18.4. The Hall–Kier alpha value is -1.92. The van der Waals surface area contributed by atoms with Gasteiger partial charge in [0.15, 0.2) is 5.69 Å². The first-order chi connectivity index (χ1) is 11.3. The summed E-state index contributed by atoms with van der Waals surface area (Å²) in [5.41, 5.74) is 1.33. The van der Waals surface area contributed by atoms with Crippen LogP contribution >= 0.6 is 12.4 Å². The molecule has 2 aromatic rings. The molecule has 1 fully saturated rings. The van der Waals surface area contributed by atoms with Crippen molar-refractivity contribution >= 4 is 18.3 Å². The van der Waals surface area contributed by atoms with Crippen molar-refractivity contribution in [1.82, 2.24) is 25.2 Å². The van der Waals surface area contributed by atoms with E-state index in [2.05, 4.69) is 15.6 Å².